The van der Waals surface area contributed by atoms with Gasteiger partial charge in [-0.2, -0.15) is 0 Å². The van der Waals surface area contributed by atoms with Crippen LogP contribution in [0.4, 0.5) is 0 Å². The Morgan fingerprint density at radius 2 is 1.83 bits per heavy atom. The molecule has 18 heavy (non-hydrogen) atoms. The molecule has 3 nitrogen and oxygen atoms in total. The Morgan fingerprint density at radius 3 is 2.22 bits per heavy atom. The van der Waals surface area contributed by atoms with Crippen LogP contribution in [0.5, 0.6) is 11.5 Å². The Hall–Kier alpha value is -1.22. The molecule has 2 rings (SSSR count). The average Bonchev–Trinajstić information content (AvgIpc) is 2.21. The summed E-state index contributed by atoms with van der Waals surface area (Å²) in [5, 5.41) is 20.0. The topological polar surface area (TPSA) is 66.5 Å². The summed E-state index contributed by atoms with van der Waals surface area (Å²) < 4.78 is 0. The molecule has 0 bridgehead atoms. The van der Waals surface area contributed by atoms with Gasteiger partial charge in [0, 0.05) is 17.5 Å². The number of phenolic OH excluding ortho intramolecular Hbond substituents is 2. The zero-order valence-electron chi connectivity index (χ0n) is 11.5. The van der Waals surface area contributed by atoms with Crippen molar-refractivity contribution in [2.45, 2.75) is 50.9 Å². The second-order valence-corrected chi connectivity index (χ2v) is 6.48. The van der Waals surface area contributed by atoms with Gasteiger partial charge in [0.05, 0.1) is 0 Å². The molecule has 1 aliphatic rings. The SMILES string of the molecule is CC(C)(C)c1cc(O)c(O)c(C2(CN)CCC2)c1. The second-order valence-electron chi connectivity index (χ2n) is 6.48. The van der Waals surface area contributed by atoms with Gasteiger partial charge in [-0.1, -0.05) is 33.3 Å². The highest BCUT2D eigenvalue weighted by atomic mass is 16.3. The lowest BCUT2D eigenvalue weighted by Gasteiger charge is -2.42. The van der Waals surface area contributed by atoms with Gasteiger partial charge in [-0.3, -0.25) is 0 Å². The first-order valence-electron chi connectivity index (χ1n) is 6.57. The van der Waals surface area contributed by atoms with E-state index in [0.29, 0.717) is 6.54 Å². The van der Waals surface area contributed by atoms with Gasteiger partial charge in [-0.25, -0.2) is 0 Å². The Bertz CT molecular complexity index is 451. The number of benzene rings is 1. The van der Waals surface area contributed by atoms with Gasteiger partial charge in [0.1, 0.15) is 0 Å². The molecule has 0 aliphatic heterocycles. The lowest BCUT2D eigenvalue weighted by atomic mass is 9.63. The van der Waals surface area contributed by atoms with Crippen LogP contribution in [0, 0.1) is 0 Å². The van der Waals surface area contributed by atoms with E-state index in [2.05, 4.69) is 20.8 Å². The van der Waals surface area contributed by atoms with Crippen LogP contribution in [0.3, 0.4) is 0 Å². The molecule has 0 heterocycles. The zero-order valence-corrected chi connectivity index (χ0v) is 11.5. The number of rotatable bonds is 2. The van der Waals surface area contributed by atoms with Gasteiger partial charge in [0.25, 0.3) is 0 Å². The molecule has 100 valence electrons. The maximum absolute atomic E-state index is 10.1. The highest BCUT2D eigenvalue weighted by Gasteiger charge is 2.40. The highest BCUT2D eigenvalue weighted by Crippen LogP contribution is 2.49. The van der Waals surface area contributed by atoms with Crippen molar-refractivity contribution in [1.82, 2.24) is 0 Å². The van der Waals surface area contributed by atoms with E-state index in [0.717, 1.165) is 30.4 Å². The third kappa shape index (κ3) is 1.97. The lowest BCUT2D eigenvalue weighted by Crippen LogP contribution is -2.41. The van der Waals surface area contributed by atoms with Crippen LogP contribution in [0.15, 0.2) is 12.1 Å². The summed E-state index contributed by atoms with van der Waals surface area (Å²) in [5.74, 6) is -0.0229. The largest absolute Gasteiger partial charge is 0.504 e. The molecule has 1 saturated carbocycles. The summed E-state index contributed by atoms with van der Waals surface area (Å²) >= 11 is 0. The quantitative estimate of drug-likeness (QED) is 0.706. The van der Waals surface area contributed by atoms with Crippen LogP contribution in [0.25, 0.3) is 0 Å². The van der Waals surface area contributed by atoms with E-state index >= 15 is 0 Å². The lowest BCUT2D eigenvalue weighted by molar-refractivity contribution is 0.242. The van der Waals surface area contributed by atoms with Gasteiger partial charge < -0.3 is 15.9 Å². The fourth-order valence-electron chi connectivity index (χ4n) is 2.64. The van der Waals surface area contributed by atoms with Crippen LogP contribution in [0.1, 0.15) is 51.2 Å². The third-order valence-corrected chi connectivity index (χ3v) is 4.23. The van der Waals surface area contributed by atoms with Gasteiger partial charge in [0.2, 0.25) is 0 Å². The van der Waals surface area contributed by atoms with Crippen LogP contribution in [-0.4, -0.2) is 16.8 Å². The normalized spacial score (nSPS) is 18.4. The minimum absolute atomic E-state index is 0.00755. The summed E-state index contributed by atoms with van der Waals surface area (Å²) in [5.41, 5.74) is 7.55. The number of hydrogen-bond acceptors (Lipinski definition) is 3. The van der Waals surface area contributed by atoms with E-state index in [1.807, 2.05) is 6.07 Å². The summed E-state index contributed by atoms with van der Waals surface area (Å²) in [4.78, 5) is 0. The Morgan fingerprint density at radius 1 is 1.22 bits per heavy atom. The number of nitrogens with two attached hydrogens (primary N) is 1. The maximum Gasteiger partial charge on any atom is 0.161 e. The van der Waals surface area contributed by atoms with Crippen LogP contribution in [-0.2, 0) is 10.8 Å². The molecular weight excluding hydrogens is 226 g/mol. The van der Waals surface area contributed by atoms with Crippen molar-refractivity contribution in [2.75, 3.05) is 6.54 Å². The van der Waals surface area contributed by atoms with Crippen LogP contribution in [0.2, 0.25) is 0 Å². The van der Waals surface area contributed by atoms with Gasteiger partial charge in [-0.15, -0.1) is 0 Å². The van der Waals surface area contributed by atoms with E-state index in [-0.39, 0.29) is 22.3 Å². The summed E-state index contributed by atoms with van der Waals surface area (Å²) in [7, 11) is 0. The predicted molar refractivity (Wildman–Crippen MR) is 73.1 cm³/mol. The van der Waals surface area contributed by atoms with E-state index in [1.54, 1.807) is 6.07 Å². The minimum atomic E-state index is -0.136. The van der Waals surface area contributed by atoms with E-state index in [1.165, 1.54) is 0 Å². The predicted octanol–water partition coefficient (Wildman–Crippen LogP) is 2.78. The Balaban J connectivity index is 2.56. The number of aromatic hydroxyl groups is 2. The molecule has 1 aromatic rings. The monoisotopic (exact) mass is 249 g/mol. The van der Waals surface area contributed by atoms with Gasteiger partial charge in [0.15, 0.2) is 11.5 Å². The molecule has 3 heteroatoms. The Labute approximate surface area is 109 Å². The van der Waals surface area contributed by atoms with Crippen molar-refractivity contribution < 1.29 is 10.2 Å². The van der Waals surface area contributed by atoms with Crippen molar-refractivity contribution >= 4 is 0 Å². The standard InChI is InChI=1S/C15H23NO2/c1-14(2,3)10-7-11(13(18)12(17)8-10)15(9-16)5-4-6-15/h7-8,17-18H,4-6,9,16H2,1-3H3. The molecule has 0 aromatic heterocycles. The minimum Gasteiger partial charge on any atom is -0.504 e. The molecule has 0 radical (unpaired) electrons. The molecule has 1 aromatic carbocycles. The van der Waals surface area contributed by atoms with Crippen LogP contribution >= 0.6 is 0 Å². The molecule has 1 aliphatic carbocycles. The second kappa shape index (κ2) is 4.16. The van der Waals surface area contributed by atoms with Crippen molar-refractivity contribution in [3.63, 3.8) is 0 Å². The number of phenols is 2. The summed E-state index contributed by atoms with van der Waals surface area (Å²) in [6.07, 6.45) is 3.12. The molecular formula is C15H23NO2. The maximum atomic E-state index is 10.1. The smallest absolute Gasteiger partial charge is 0.161 e. The Kier molecular flexibility index (Phi) is 3.06. The highest BCUT2D eigenvalue weighted by molar-refractivity contribution is 5.53. The van der Waals surface area contributed by atoms with Crippen molar-refractivity contribution in [3.8, 4) is 11.5 Å². The summed E-state index contributed by atoms with van der Waals surface area (Å²) in [6.45, 7) is 6.81. The molecule has 0 amide bonds. The zero-order chi connectivity index (χ0) is 13.6. The van der Waals surface area contributed by atoms with Crippen molar-refractivity contribution in [2.24, 2.45) is 5.73 Å². The first-order valence-corrected chi connectivity index (χ1v) is 6.57. The molecule has 0 spiro atoms. The molecule has 0 unspecified atom stereocenters. The fraction of sp³-hybridized carbons (Fsp3) is 0.600. The number of hydrogen-bond donors (Lipinski definition) is 3. The first kappa shape index (κ1) is 13.2. The molecule has 0 saturated heterocycles. The first-order chi connectivity index (χ1) is 8.30. The van der Waals surface area contributed by atoms with E-state index in [4.69, 9.17) is 5.73 Å². The van der Waals surface area contributed by atoms with Crippen molar-refractivity contribution in [3.05, 3.63) is 23.3 Å². The molecule has 0 atom stereocenters. The van der Waals surface area contributed by atoms with E-state index in [9.17, 15) is 10.2 Å². The van der Waals surface area contributed by atoms with Crippen molar-refractivity contribution in [1.29, 1.82) is 0 Å². The third-order valence-electron chi connectivity index (χ3n) is 4.23. The molecule has 1 fully saturated rings. The van der Waals surface area contributed by atoms with E-state index < -0.39 is 0 Å². The summed E-state index contributed by atoms with van der Waals surface area (Å²) in [6, 6.07) is 3.67. The van der Waals surface area contributed by atoms with Gasteiger partial charge in [-0.05, 0) is 29.9 Å². The average molecular weight is 249 g/mol. The van der Waals surface area contributed by atoms with Gasteiger partial charge >= 0.3 is 0 Å². The fourth-order valence-corrected chi connectivity index (χ4v) is 2.64. The molecule has 4 N–H and O–H groups in total. The van der Waals surface area contributed by atoms with Crippen LogP contribution < -0.4 is 5.73 Å².